The molecule has 0 aromatic carbocycles. The van der Waals surface area contributed by atoms with E-state index in [2.05, 4.69) is 16.7 Å². The Labute approximate surface area is 201 Å². The van der Waals surface area contributed by atoms with E-state index in [0.717, 1.165) is 25.7 Å². The number of hydrogen-bond donors (Lipinski definition) is 2. The van der Waals surface area contributed by atoms with E-state index in [0.29, 0.717) is 25.9 Å². The Kier molecular flexibility index (Phi) is 10.8. The summed E-state index contributed by atoms with van der Waals surface area (Å²) in [6.45, 7) is 8.12. The predicted molar refractivity (Wildman–Crippen MR) is 128 cm³/mol. The zero-order chi connectivity index (χ0) is 24.4. The molecule has 0 spiro atoms. The molecule has 1 aliphatic heterocycles. The first-order valence-electron chi connectivity index (χ1n) is 11.7. The van der Waals surface area contributed by atoms with Crippen LogP contribution in [-0.4, -0.2) is 55.3 Å². The number of rotatable bonds is 12. The summed E-state index contributed by atoms with van der Waals surface area (Å²) in [7, 11) is 1.56. The number of thiophene rings is 1. The third kappa shape index (κ3) is 8.39. The largest absolute Gasteiger partial charge is 0.357 e. The van der Waals surface area contributed by atoms with Crippen LogP contribution in [0.5, 0.6) is 0 Å². The molecule has 186 valence electrons. The molecule has 2 N–H and O–H groups in total. The molecule has 2 rings (SSSR count). The van der Waals surface area contributed by atoms with Gasteiger partial charge in [0.25, 0.3) is 0 Å². The lowest BCUT2D eigenvalue weighted by Gasteiger charge is -2.36. The van der Waals surface area contributed by atoms with Crippen LogP contribution in [0.3, 0.4) is 0 Å². The highest BCUT2D eigenvalue weighted by atomic mass is 32.1. The van der Waals surface area contributed by atoms with E-state index in [1.807, 2.05) is 32.2 Å². The molecule has 3 amide bonds. The zero-order valence-electron chi connectivity index (χ0n) is 20.5. The molecule has 33 heavy (non-hydrogen) atoms. The monoisotopic (exact) mass is 481 g/mol. The molecule has 0 aliphatic carbocycles. The second-order valence-corrected chi connectivity index (χ2v) is 10.6. The lowest BCUT2D eigenvalue weighted by Crippen LogP contribution is -2.56. The summed E-state index contributed by atoms with van der Waals surface area (Å²) in [6, 6.07) is 2.86. The molecule has 9 heteroatoms. The van der Waals surface area contributed by atoms with Crippen molar-refractivity contribution >= 4 is 29.6 Å². The molecule has 0 saturated carbocycles. The predicted octanol–water partition coefficient (Wildman–Crippen LogP) is 3.27. The van der Waals surface area contributed by atoms with Gasteiger partial charge >= 0.3 is 0 Å². The van der Waals surface area contributed by atoms with Crippen LogP contribution in [0.4, 0.5) is 0 Å². The van der Waals surface area contributed by atoms with Crippen LogP contribution in [-0.2, 0) is 30.4 Å². The number of carbonyl (C=O) groups is 3. The van der Waals surface area contributed by atoms with Crippen molar-refractivity contribution in [2.75, 3.05) is 13.7 Å². The SMILES string of the molecule is CNC(=O)[C@@H](NC(=O)[C@H](CCCc1cccs1)[C@H](C)N(C=O)OC1CCCCO1)C(C)(C)C. The summed E-state index contributed by atoms with van der Waals surface area (Å²) in [5.74, 6) is -1.06. The number of amides is 3. The van der Waals surface area contributed by atoms with E-state index in [-0.39, 0.29) is 11.8 Å². The minimum Gasteiger partial charge on any atom is -0.357 e. The molecular weight excluding hydrogens is 442 g/mol. The van der Waals surface area contributed by atoms with Crippen molar-refractivity contribution in [3.05, 3.63) is 22.4 Å². The number of nitrogens with zero attached hydrogens (tertiary/aromatic N) is 1. The Bertz CT molecular complexity index is 744. The number of hydroxylamine groups is 2. The average Bonchev–Trinajstić information content (AvgIpc) is 3.31. The molecule has 2 heterocycles. The van der Waals surface area contributed by atoms with Crippen LogP contribution >= 0.6 is 11.3 Å². The summed E-state index contributed by atoms with van der Waals surface area (Å²) >= 11 is 1.69. The van der Waals surface area contributed by atoms with Crippen molar-refractivity contribution in [3.63, 3.8) is 0 Å². The maximum atomic E-state index is 13.4. The molecule has 0 radical (unpaired) electrons. The summed E-state index contributed by atoms with van der Waals surface area (Å²) in [4.78, 5) is 44.9. The highest BCUT2D eigenvalue weighted by Gasteiger charge is 2.37. The Hall–Kier alpha value is -1.97. The highest BCUT2D eigenvalue weighted by molar-refractivity contribution is 7.09. The molecule has 0 bridgehead atoms. The van der Waals surface area contributed by atoms with E-state index >= 15 is 0 Å². The molecular formula is C24H39N3O5S. The minimum absolute atomic E-state index is 0.250. The number of nitrogens with one attached hydrogen (secondary N) is 2. The molecule has 1 aliphatic rings. The fraction of sp³-hybridized carbons (Fsp3) is 0.708. The first-order chi connectivity index (χ1) is 15.7. The number of likely N-dealkylation sites (N-methyl/N-ethyl adjacent to an activating group) is 1. The molecule has 1 unspecified atom stereocenters. The van der Waals surface area contributed by atoms with Gasteiger partial charge in [-0.1, -0.05) is 26.8 Å². The lowest BCUT2D eigenvalue weighted by atomic mass is 9.85. The number of ether oxygens (including phenoxy) is 1. The average molecular weight is 482 g/mol. The van der Waals surface area contributed by atoms with Crippen LogP contribution in [0.2, 0.25) is 0 Å². The van der Waals surface area contributed by atoms with Gasteiger partial charge in [-0.25, -0.2) is 9.90 Å². The second kappa shape index (κ2) is 13.1. The van der Waals surface area contributed by atoms with Gasteiger partial charge < -0.3 is 15.4 Å². The Balaban J connectivity index is 2.15. The summed E-state index contributed by atoms with van der Waals surface area (Å²) in [5, 5.41) is 8.81. The molecule has 4 atom stereocenters. The van der Waals surface area contributed by atoms with Crippen molar-refractivity contribution in [3.8, 4) is 0 Å². The van der Waals surface area contributed by atoms with E-state index in [1.54, 1.807) is 25.3 Å². The van der Waals surface area contributed by atoms with Gasteiger partial charge in [-0.15, -0.1) is 11.3 Å². The van der Waals surface area contributed by atoms with Crippen LogP contribution in [0.15, 0.2) is 17.5 Å². The minimum atomic E-state index is -0.700. The molecule has 1 aromatic heterocycles. The third-order valence-corrected chi connectivity index (χ3v) is 6.92. The quantitative estimate of drug-likeness (QED) is 0.353. The van der Waals surface area contributed by atoms with Crippen LogP contribution < -0.4 is 10.6 Å². The van der Waals surface area contributed by atoms with Crippen LogP contribution in [0.25, 0.3) is 0 Å². The molecule has 1 aromatic rings. The van der Waals surface area contributed by atoms with E-state index in [4.69, 9.17) is 9.57 Å². The molecule has 8 nitrogen and oxygen atoms in total. The van der Waals surface area contributed by atoms with E-state index in [9.17, 15) is 14.4 Å². The van der Waals surface area contributed by atoms with Crippen molar-refractivity contribution in [2.45, 2.75) is 84.6 Å². The van der Waals surface area contributed by atoms with Gasteiger partial charge in [0.1, 0.15) is 6.04 Å². The van der Waals surface area contributed by atoms with E-state index in [1.165, 1.54) is 9.94 Å². The molecule has 1 fully saturated rings. The van der Waals surface area contributed by atoms with Crippen LogP contribution in [0, 0.1) is 11.3 Å². The number of aryl methyl sites for hydroxylation is 1. The van der Waals surface area contributed by atoms with Gasteiger partial charge in [-0.05, 0) is 55.9 Å². The van der Waals surface area contributed by atoms with Crippen molar-refractivity contribution < 1.29 is 24.0 Å². The van der Waals surface area contributed by atoms with Gasteiger partial charge in [0.2, 0.25) is 18.2 Å². The van der Waals surface area contributed by atoms with Gasteiger partial charge in [-0.3, -0.25) is 14.4 Å². The summed E-state index contributed by atoms with van der Waals surface area (Å²) in [5.41, 5.74) is -0.475. The summed E-state index contributed by atoms with van der Waals surface area (Å²) < 4.78 is 5.61. The first kappa shape index (κ1) is 27.3. The first-order valence-corrected chi connectivity index (χ1v) is 12.6. The topological polar surface area (TPSA) is 97.0 Å². The maximum Gasteiger partial charge on any atom is 0.242 e. The van der Waals surface area contributed by atoms with Gasteiger partial charge in [0.15, 0.2) is 6.29 Å². The Morgan fingerprint density at radius 2 is 2.09 bits per heavy atom. The fourth-order valence-electron chi connectivity index (χ4n) is 3.94. The fourth-order valence-corrected chi connectivity index (χ4v) is 4.69. The third-order valence-electron chi connectivity index (χ3n) is 5.98. The van der Waals surface area contributed by atoms with Crippen molar-refractivity contribution in [1.29, 1.82) is 0 Å². The smallest absolute Gasteiger partial charge is 0.242 e. The van der Waals surface area contributed by atoms with Gasteiger partial charge in [0.05, 0.1) is 12.0 Å². The van der Waals surface area contributed by atoms with Crippen molar-refractivity contribution in [1.82, 2.24) is 15.7 Å². The van der Waals surface area contributed by atoms with Crippen LogP contribution in [0.1, 0.15) is 64.7 Å². The zero-order valence-corrected chi connectivity index (χ0v) is 21.3. The van der Waals surface area contributed by atoms with E-state index < -0.39 is 29.7 Å². The number of carbonyl (C=O) groups excluding carboxylic acids is 3. The highest BCUT2D eigenvalue weighted by Crippen LogP contribution is 2.25. The Morgan fingerprint density at radius 3 is 2.64 bits per heavy atom. The summed E-state index contributed by atoms with van der Waals surface area (Å²) in [6.07, 6.45) is 4.93. The standard InChI is InChI=1S/C24H39N3O5S/c1-17(27(16-28)32-20-13-6-7-14-31-20)19(12-8-10-18-11-9-15-33-18)22(29)26-21(23(30)25-5)24(2,3)4/h9,11,15-17,19-21H,6-8,10,12-14H2,1-5H3,(H,25,30)(H,26,29)/t17-,19+,20?,21+/m0/s1. The normalized spacial score (nSPS) is 19.2. The van der Waals surface area contributed by atoms with Gasteiger partial charge in [0, 0.05) is 25.0 Å². The Morgan fingerprint density at radius 1 is 1.33 bits per heavy atom. The molecule has 1 saturated heterocycles. The van der Waals surface area contributed by atoms with Crippen molar-refractivity contribution in [2.24, 2.45) is 11.3 Å². The second-order valence-electron chi connectivity index (χ2n) is 9.61. The lowest BCUT2D eigenvalue weighted by molar-refractivity contribution is -0.287. The maximum absolute atomic E-state index is 13.4. The number of hydrogen-bond acceptors (Lipinski definition) is 6. The van der Waals surface area contributed by atoms with Gasteiger partial charge in [-0.2, -0.15) is 0 Å².